The number of fused-ring (bicyclic) bond motifs is 1. The van der Waals surface area contributed by atoms with Gasteiger partial charge in [-0.3, -0.25) is 0 Å². The number of nitrogens with one attached hydrogen (secondary N) is 1. The van der Waals surface area contributed by atoms with Crippen LogP contribution in [-0.2, 0) is 0 Å². The zero-order valence-electron chi connectivity index (χ0n) is 8.81. The molecule has 0 saturated carbocycles. The average molecular weight is 350 g/mol. The molecule has 0 fully saturated rings. The Morgan fingerprint density at radius 3 is 2.94 bits per heavy atom. The Morgan fingerprint density at radius 1 is 1.24 bits per heavy atom. The molecule has 2 aromatic heterocycles. The topological polar surface area (TPSA) is 41.6 Å². The summed E-state index contributed by atoms with van der Waals surface area (Å²) in [6.45, 7) is 0. The predicted octanol–water partition coefficient (Wildman–Crippen LogP) is 1.65. The van der Waals surface area contributed by atoms with Gasteiger partial charge in [0.25, 0.3) is 0 Å². The van der Waals surface area contributed by atoms with Crippen molar-refractivity contribution in [3.05, 3.63) is 41.1 Å². The molecule has 0 saturated heterocycles. The van der Waals surface area contributed by atoms with Crippen LogP contribution in [0.1, 0.15) is 0 Å². The molecule has 1 atom stereocenters. The maximum atomic E-state index is 4.48. The van der Waals surface area contributed by atoms with Crippen LogP contribution in [0, 0.1) is 0 Å². The molecule has 5 heteroatoms. The summed E-state index contributed by atoms with van der Waals surface area (Å²) in [5, 5.41) is 1.17. The standard InChI is InChI=1S/C12H9AsBrN3/c13-12-15-4-3-11(17-12)9-6-16-10-2-1-7(14)5-8(9)10/h1-6,16H,13H2. The molecule has 0 bridgehead atoms. The molecule has 3 rings (SSSR count). The van der Waals surface area contributed by atoms with Crippen LogP contribution in [0.25, 0.3) is 22.2 Å². The van der Waals surface area contributed by atoms with E-state index in [9.17, 15) is 0 Å². The molecule has 0 spiro atoms. The van der Waals surface area contributed by atoms with Gasteiger partial charge in [0.2, 0.25) is 0 Å². The van der Waals surface area contributed by atoms with Crippen molar-refractivity contribution in [3.63, 3.8) is 0 Å². The fourth-order valence-electron chi connectivity index (χ4n) is 1.83. The first kappa shape index (κ1) is 11.0. The van der Waals surface area contributed by atoms with Crippen molar-refractivity contribution in [2.75, 3.05) is 0 Å². The van der Waals surface area contributed by atoms with Crippen molar-refractivity contribution < 1.29 is 0 Å². The van der Waals surface area contributed by atoms with Gasteiger partial charge < -0.3 is 0 Å². The van der Waals surface area contributed by atoms with Crippen LogP contribution in [-0.4, -0.2) is 31.8 Å². The Hall–Kier alpha value is -1.12. The number of hydrogen-bond acceptors (Lipinski definition) is 2. The third-order valence-corrected chi connectivity index (χ3v) is 3.67. The first-order chi connectivity index (χ1) is 8.24. The van der Waals surface area contributed by atoms with Gasteiger partial charge in [0, 0.05) is 0 Å². The molecule has 0 aliphatic rings. The number of halogens is 1. The number of benzene rings is 1. The minimum atomic E-state index is 0.847. The summed E-state index contributed by atoms with van der Waals surface area (Å²) in [5.41, 5.74) is 3.19. The Labute approximate surface area is 115 Å². The molecule has 1 aromatic carbocycles. The number of H-pyrrole nitrogens is 1. The van der Waals surface area contributed by atoms with E-state index in [1.807, 2.05) is 18.3 Å². The first-order valence-electron chi connectivity index (χ1n) is 5.09. The zero-order chi connectivity index (χ0) is 11.8. The van der Waals surface area contributed by atoms with Crippen molar-refractivity contribution in [1.82, 2.24) is 15.0 Å². The van der Waals surface area contributed by atoms with Gasteiger partial charge in [0.15, 0.2) is 0 Å². The van der Waals surface area contributed by atoms with Gasteiger partial charge in [-0.1, -0.05) is 0 Å². The Morgan fingerprint density at radius 2 is 2.12 bits per heavy atom. The summed E-state index contributed by atoms with van der Waals surface area (Å²) in [6, 6.07) is 8.12. The van der Waals surface area contributed by atoms with Crippen LogP contribution >= 0.6 is 15.9 Å². The van der Waals surface area contributed by atoms with Crippen LogP contribution < -0.4 is 4.61 Å². The molecular weight excluding hydrogens is 341 g/mol. The number of hydrogen-bond donors (Lipinski definition) is 1. The molecule has 0 aliphatic carbocycles. The van der Waals surface area contributed by atoms with E-state index in [4.69, 9.17) is 0 Å². The van der Waals surface area contributed by atoms with E-state index in [1.54, 1.807) is 6.20 Å². The van der Waals surface area contributed by atoms with E-state index in [2.05, 4.69) is 43.0 Å². The molecule has 3 nitrogen and oxygen atoms in total. The third-order valence-electron chi connectivity index (χ3n) is 2.59. The third kappa shape index (κ3) is 2.03. The van der Waals surface area contributed by atoms with E-state index in [-0.39, 0.29) is 0 Å². The fraction of sp³-hybridized carbons (Fsp3) is 0. The van der Waals surface area contributed by atoms with Crippen LogP contribution in [0.5, 0.6) is 0 Å². The van der Waals surface area contributed by atoms with Gasteiger partial charge in [-0.2, -0.15) is 0 Å². The van der Waals surface area contributed by atoms with E-state index >= 15 is 0 Å². The monoisotopic (exact) mass is 349 g/mol. The summed E-state index contributed by atoms with van der Waals surface area (Å²) in [6.07, 6.45) is 3.79. The van der Waals surface area contributed by atoms with E-state index in [1.165, 1.54) is 22.2 Å². The maximum absolute atomic E-state index is 4.48. The number of aromatic amines is 1. The van der Waals surface area contributed by atoms with Crippen LogP contribution in [0.3, 0.4) is 0 Å². The predicted molar refractivity (Wildman–Crippen MR) is 75.2 cm³/mol. The molecule has 0 amide bonds. The van der Waals surface area contributed by atoms with Crippen molar-refractivity contribution >= 4 is 48.3 Å². The molecule has 1 N–H and O–H groups in total. The molecular formula is C12H9AsBrN3. The molecule has 1 unspecified atom stereocenters. The van der Waals surface area contributed by atoms with Gasteiger partial charge in [-0.05, 0) is 0 Å². The Kier molecular flexibility index (Phi) is 2.77. The van der Waals surface area contributed by atoms with Gasteiger partial charge in [-0.15, -0.1) is 0 Å². The van der Waals surface area contributed by atoms with Crippen molar-refractivity contribution in [1.29, 1.82) is 0 Å². The summed E-state index contributed by atoms with van der Waals surface area (Å²) >= 11 is 4.93. The van der Waals surface area contributed by atoms with Gasteiger partial charge >= 0.3 is 116 Å². The van der Waals surface area contributed by atoms with Crippen molar-refractivity contribution in [3.8, 4) is 11.3 Å². The van der Waals surface area contributed by atoms with E-state index in [0.717, 1.165) is 25.9 Å². The summed E-state index contributed by atoms with van der Waals surface area (Å²) in [5.74, 6) is 0. The zero-order valence-corrected chi connectivity index (χ0v) is 12.8. The molecule has 0 radical (unpaired) electrons. The van der Waals surface area contributed by atoms with Crippen molar-refractivity contribution in [2.45, 2.75) is 0 Å². The normalized spacial score (nSPS) is 10.9. The first-order valence-corrected chi connectivity index (χ1v) is 7.10. The molecule has 84 valence electrons. The SMILES string of the molecule is [AsH2]c1nccc(-c2c[nH]c3ccc(Br)cc23)n1. The van der Waals surface area contributed by atoms with E-state index < -0.39 is 0 Å². The van der Waals surface area contributed by atoms with E-state index in [0.29, 0.717) is 0 Å². The van der Waals surface area contributed by atoms with Crippen LogP contribution in [0.15, 0.2) is 41.1 Å². The van der Waals surface area contributed by atoms with Crippen LogP contribution in [0.2, 0.25) is 0 Å². The van der Waals surface area contributed by atoms with Gasteiger partial charge in [0.05, 0.1) is 0 Å². The molecule has 17 heavy (non-hydrogen) atoms. The fourth-order valence-corrected chi connectivity index (χ4v) is 2.66. The summed E-state index contributed by atoms with van der Waals surface area (Å²) in [7, 11) is 0. The molecule has 2 heterocycles. The second-order valence-electron chi connectivity index (χ2n) is 3.69. The number of aromatic nitrogens is 3. The summed E-state index contributed by atoms with van der Waals surface area (Å²) < 4.78 is 1.92. The van der Waals surface area contributed by atoms with Gasteiger partial charge in [-0.25, -0.2) is 0 Å². The van der Waals surface area contributed by atoms with Crippen LogP contribution in [0.4, 0.5) is 0 Å². The second-order valence-corrected chi connectivity index (χ2v) is 5.69. The van der Waals surface area contributed by atoms with Gasteiger partial charge in [0.1, 0.15) is 0 Å². The van der Waals surface area contributed by atoms with Crippen molar-refractivity contribution in [2.24, 2.45) is 0 Å². The molecule has 3 aromatic rings. The second kappa shape index (κ2) is 4.28. The Balaban J connectivity index is 2.27. The summed E-state index contributed by atoms with van der Waals surface area (Å²) in [4.78, 5) is 11.9. The molecule has 0 aliphatic heterocycles. The average Bonchev–Trinajstić information content (AvgIpc) is 2.71. The minimum absolute atomic E-state index is 0.847. The number of rotatable bonds is 1. The number of nitrogens with zero attached hydrogens (tertiary/aromatic N) is 2. The Bertz CT molecular complexity index is 693. The quantitative estimate of drug-likeness (QED) is 0.679.